The molecule has 3 aliphatic rings. The number of rotatable bonds is 4. The van der Waals surface area contributed by atoms with Crippen molar-refractivity contribution in [2.45, 2.75) is 31.8 Å². The second-order valence-electron chi connectivity index (χ2n) is 6.29. The molecule has 3 rings (SSSR count). The van der Waals surface area contributed by atoms with Crippen LogP contribution in [0.4, 0.5) is 0 Å². The Morgan fingerprint density at radius 2 is 2.41 bits per heavy atom. The zero-order valence-corrected chi connectivity index (χ0v) is 11.5. The molecule has 17 heavy (non-hydrogen) atoms. The Kier molecular flexibility index (Phi) is 3.37. The number of nitrogens with one attached hydrogen (secondary N) is 2. The zero-order chi connectivity index (χ0) is 11.9. The smallest absolute Gasteiger partial charge is 0.137 e. The molecule has 1 saturated carbocycles. The van der Waals surface area contributed by atoms with Crippen molar-refractivity contribution in [3.63, 3.8) is 0 Å². The third-order valence-corrected chi connectivity index (χ3v) is 5.50. The first-order valence-corrected chi connectivity index (χ1v) is 7.45. The molecule has 4 heteroatoms. The van der Waals surface area contributed by atoms with Crippen molar-refractivity contribution in [3.05, 3.63) is 0 Å². The Bertz CT molecular complexity index is 280. The minimum Gasteiger partial charge on any atom is -0.316 e. The Balaban J connectivity index is 1.42. The van der Waals surface area contributed by atoms with Gasteiger partial charge in [-0.1, -0.05) is 18.5 Å². The van der Waals surface area contributed by atoms with Crippen LogP contribution in [0.5, 0.6) is 0 Å². The molecule has 0 bridgehead atoms. The van der Waals surface area contributed by atoms with E-state index in [1.165, 1.54) is 38.9 Å². The van der Waals surface area contributed by atoms with Gasteiger partial charge in [0, 0.05) is 19.6 Å². The van der Waals surface area contributed by atoms with E-state index in [1.54, 1.807) is 0 Å². The summed E-state index contributed by atoms with van der Waals surface area (Å²) in [7, 11) is 0. The lowest BCUT2D eigenvalue weighted by Crippen LogP contribution is -2.42. The van der Waals surface area contributed by atoms with Gasteiger partial charge in [0.05, 0.1) is 0 Å². The number of halogens is 1. The van der Waals surface area contributed by atoms with Crippen LogP contribution in [0.1, 0.15) is 26.2 Å². The molecular formula is C13H24ClN3. The minimum atomic E-state index is 0.0442. The van der Waals surface area contributed by atoms with E-state index in [9.17, 15) is 0 Å². The summed E-state index contributed by atoms with van der Waals surface area (Å²) in [5.41, 5.74) is 0.687. The fraction of sp³-hybridized carbons (Fsp3) is 1.00. The third kappa shape index (κ3) is 2.48. The molecule has 0 aromatic heterocycles. The maximum Gasteiger partial charge on any atom is 0.137 e. The SMILES string of the molecule is C[C@@H]1CC12CCN([C@@H](Cl)NCC1CCNC1)C2. The highest BCUT2D eigenvalue weighted by atomic mass is 35.5. The van der Waals surface area contributed by atoms with Crippen LogP contribution in [0, 0.1) is 17.3 Å². The van der Waals surface area contributed by atoms with Gasteiger partial charge in [-0.05, 0) is 49.6 Å². The third-order valence-electron chi connectivity index (χ3n) is 5.07. The van der Waals surface area contributed by atoms with Gasteiger partial charge in [0.1, 0.15) is 5.62 Å². The molecule has 0 aromatic rings. The Morgan fingerprint density at radius 3 is 3.00 bits per heavy atom. The van der Waals surface area contributed by atoms with E-state index in [0.717, 1.165) is 24.9 Å². The summed E-state index contributed by atoms with van der Waals surface area (Å²) in [6, 6.07) is 0. The summed E-state index contributed by atoms with van der Waals surface area (Å²) in [5.74, 6) is 1.70. The average molecular weight is 258 g/mol. The lowest BCUT2D eigenvalue weighted by atomic mass is 10.0. The van der Waals surface area contributed by atoms with Crippen molar-refractivity contribution in [2.75, 3.05) is 32.7 Å². The summed E-state index contributed by atoms with van der Waals surface area (Å²) >= 11 is 6.46. The van der Waals surface area contributed by atoms with Crippen LogP contribution in [-0.2, 0) is 0 Å². The van der Waals surface area contributed by atoms with E-state index in [4.69, 9.17) is 11.6 Å². The minimum absolute atomic E-state index is 0.0442. The summed E-state index contributed by atoms with van der Waals surface area (Å²) in [4.78, 5) is 2.42. The van der Waals surface area contributed by atoms with Gasteiger partial charge in [0.2, 0.25) is 0 Å². The lowest BCUT2D eigenvalue weighted by Gasteiger charge is -2.24. The molecule has 2 aliphatic heterocycles. The van der Waals surface area contributed by atoms with Crippen LogP contribution in [0.3, 0.4) is 0 Å². The van der Waals surface area contributed by atoms with Crippen LogP contribution in [0.15, 0.2) is 0 Å². The van der Waals surface area contributed by atoms with Gasteiger partial charge in [0.15, 0.2) is 0 Å². The molecule has 0 amide bonds. The maximum atomic E-state index is 6.46. The quantitative estimate of drug-likeness (QED) is 0.590. The van der Waals surface area contributed by atoms with Gasteiger partial charge in [-0.25, -0.2) is 0 Å². The number of hydrogen-bond donors (Lipinski definition) is 2. The van der Waals surface area contributed by atoms with Gasteiger partial charge in [0.25, 0.3) is 0 Å². The van der Waals surface area contributed by atoms with Gasteiger partial charge < -0.3 is 5.32 Å². The predicted molar refractivity (Wildman–Crippen MR) is 71.0 cm³/mol. The van der Waals surface area contributed by atoms with Gasteiger partial charge in [-0.15, -0.1) is 0 Å². The molecule has 0 radical (unpaired) electrons. The van der Waals surface area contributed by atoms with E-state index in [0.29, 0.717) is 5.41 Å². The highest BCUT2D eigenvalue weighted by molar-refractivity contribution is 6.20. The highest BCUT2D eigenvalue weighted by Crippen LogP contribution is 2.58. The summed E-state index contributed by atoms with van der Waals surface area (Å²) < 4.78 is 0. The molecule has 3 nitrogen and oxygen atoms in total. The predicted octanol–water partition coefficient (Wildman–Crippen LogP) is 1.44. The molecule has 2 saturated heterocycles. The monoisotopic (exact) mass is 257 g/mol. The molecule has 0 aromatic carbocycles. The van der Waals surface area contributed by atoms with Gasteiger partial charge >= 0.3 is 0 Å². The fourth-order valence-corrected chi connectivity index (χ4v) is 3.78. The van der Waals surface area contributed by atoms with E-state index >= 15 is 0 Å². The first-order valence-electron chi connectivity index (χ1n) is 7.02. The largest absolute Gasteiger partial charge is 0.316 e. The zero-order valence-electron chi connectivity index (χ0n) is 10.7. The van der Waals surface area contributed by atoms with Crippen molar-refractivity contribution in [2.24, 2.45) is 17.3 Å². The molecule has 1 aliphatic carbocycles. The van der Waals surface area contributed by atoms with Gasteiger partial charge in [-0.3, -0.25) is 10.2 Å². The first-order chi connectivity index (χ1) is 8.20. The summed E-state index contributed by atoms with van der Waals surface area (Å²) in [6.07, 6.45) is 4.06. The number of likely N-dealkylation sites (tertiary alicyclic amines) is 1. The van der Waals surface area contributed by atoms with E-state index in [2.05, 4.69) is 22.5 Å². The van der Waals surface area contributed by atoms with Crippen LogP contribution in [0.25, 0.3) is 0 Å². The molecule has 3 fully saturated rings. The maximum absolute atomic E-state index is 6.46. The van der Waals surface area contributed by atoms with Crippen LogP contribution in [0.2, 0.25) is 0 Å². The van der Waals surface area contributed by atoms with Crippen molar-refractivity contribution in [1.29, 1.82) is 0 Å². The lowest BCUT2D eigenvalue weighted by molar-refractivity contribution is 0.250. The second kappa shape index (κ2) is 4.69. The average Bonchev–Trinajstić information content (AvgIpc) is 2.80. The topological polar surface area (TPSA) is 27.3 Å². The molecule has 2 unspecified atom stereocenters. The van der Waals surface area contributed by atoms with Crippen molar-refractivity contribution >= 4 is 11.6 Å². The first kappa shape index (κ1) is 12.2. The van der Waals surface area contributed by atoms with Crippen LogP contribution < -0.4 is 10.6 Å². The van der Waals surface area contributed by atoms with Crippen molar-refractivity contribution in [3.8, 4) is 0 Å². The highest BCUT2D eigenvalue weighted by Gasteiger charge is 2.55. The fourth-order valence-electron chi connectivity index (χ4n) is 3.52. The standard InChI is InChI=1S/C13H24ClN3/c1-10-6-13(10)3-5-17(9-13)12(14)16-8-11-2-4-15-7-11/h10-12,15-16H,2-9H2,1H3/t10-,11?,12+,13?/m1/s1. The van der Waals surface area contributed by atoms with Crippen molar-refractivity contribution < 1.29 is 0 Å². The molecule has 98 valence electrons. The normalized spacial score (nSPS) is 43.4. The summed E-state index contributed by atoms with van der Waals surface area (Å²) in [6.45, 7) is 8.14. The number of alkyl halides is 1. The van der Waals surface area contributed by atoms with E-state index in [-0.39, 0.29) is 5.62 Å². The second-order valence-corrected chi connectivity index (χ2v) is 6.70. The molecule has 1 spiro atoms. The molecule has 2 heterocycles. The molecular weight excluding hydrogens is 234 g/mol. The van der Waals surface area contributed by atoms with Crippen LogP contribution in [-0.4, -0.2) is 43.2 Å². The van der Waals surface area contributed by atoms with Crippen LogP contribution >= 0.6 is 11.6 Å². The molecule has 2 N–H and O–H groups in total. The Labute approximate surface area is 109 Å². The number of hydrogen-bond acceptors (Lipinski definition) is 3. The number of nitrogens with zero attached hydrogens (tertiary/aromatic N) is 1. The summed E-state index contributed by atoms with van der Waals surface area (Å²) in [5, 5.41) is 6.90. The van der Waals surface area contributed by atoms with E-state index in [1.807, 2.05) is 0 Å². The Hall–Kier alpha value is 0.170. The van der Waals surface area contributed by atoms with Gasteiger partial charge in [-0.2, -0.15) is 0 Å². The Morgan fingerprint density at radius 1 is 1.59 bits per heavy atom. The van der Waals surface area contributed by atoms with E-state index < -0.39 is 0 Å². The van der Waals surface area contributed by atoms with Crippen molar-refractivity contribution in [1.82, 2.24) is 15.5 Å². The molecule has 4 atom stereocenters.